The van der Waals surface area contributed by atoms with Crippen LogP contribution in [0.25, 0.3) is 11.8 Å². The molecule has 0 amide bonds. The third-order valence-corrected chi connectivity index (χ3v) is 7.19. The summed E-state index contributed by atoms with van der Waals surface area (Å²) in [5.41, 5.74) is 2.32. The van der Waals surface area contributed by atoms with Crippen LogP contribution in [0.2, 0.25) is 0 Å². The van der Waals surface area contributed by atoms with Crippen molar-refractivity contribution < 1.29 is 19.2 Å². The van der Waals surface area contributed by atoms with Crippen molar-refractivity contribution in [3.8, 4) is 5.75 Å². The van der Waals surface area contributed by atoms with Crippen molar-refractivity contribution >= 4 is 34.8 Å². The molecule has 0 spiro atoms. The fraction of sp³-hybridized carbons (Fsp3) is 0.138. The van der Waals surface area contributed by atoms with Crippen molar-refractivity contribution in [3.05, 3.63) is 131 Å². The zero-order valence-corrected chi connectivity index (χ0v) is 21.9. The van der Waals surface area contributed by atoms with Crippen molar-refractivity contribution in [1.29, 1.82) is 0 Å². The Bertz CT molecular complexity index is 1750. The van der Waals surface area contributed by atoms with Crippen LogP contribution >= 0.6 is 11.3 Å². The van der Waals surface area contributed by atoms with Crippen LogP contribution < -0.4 is 19.6 Å². The number of non-ortho nitro benzene ring substituents is 1. The number of aromatic nitrogens is 1. The number of fused-ring (bicyclic) bond motifs is 1. The zero-order chi connectivity index (χ0) is 27.5. The Kier molecular flexibility index (Phi) is 7.20. The third-order valence-electron chi connectivity index (χ3n) is 6.21. The Labute approximate surface area is 226 Å². The Morgan fingerprint density at radius 1 is 1.08 bits per heavy atom. The van der Waals surface area contributed by atoms with Crippen LogP contribution in [0.3, 0.4) is 0 Å². The van der Waals surface area contributed by atoms with Crippen LogP contribution in [-0.4, -0.2) is 29.2 Å². The quantitative estimate of drug-likeness (QED) is 0.200. The molecule has 1 aliphatic heterocycles. The molecule has 0 bridgehead atoms. The average molecular weight is 542 g/mol. The first kappa shape index (κ1) is 25.8. The molecule has 5 rings (SSSR count). The highest BCUT2D eigenvalue weighted by molar-refractivity contribution is 7.07. The van der Waals surface area contributed by atoms with E-state index >= 15 is 0 Å². The summed E-state index contributed by atoms with van der Waals surface area (Å²) in [4.78, 5) is 43.1. The summed E-state index contributed by atoms with van der Waals surface area (Å²) in [6.07, 6.45) is 1.66. The molecule has 0 radical (unpaired) electrons. The van der Waals surface area contributed by atoms with Crippen LogP contribution in [0.1, 0.15) is 29.7 Å². The first-order chi connectivity index (χ1) is 18.9. The number of benzene rings is 3. The second kappa shape index (κ2) is 10.9. The number of hydrogen-bond acceptors (Lipinski definition) is 8. The van der Waals surface area contributed by atoms with Crippen LogP contribution in [0.15, 0.2) is 94.2 Å². The monoisotopic (exact) mass is 541 g/mol. The number of carbonyl (C=O) groups is 1. The lowest BCUT2D eigenvalue weighted by Gasteiger charge is -2.26. The van der Waals surface area contributed by atoms with Crippen LogP contribution in [-0.2, 0) is 9.53 Å². The van der Waals surface area contributed by atoms with Gasteiger partial charge in [-0.3, -0.25) is 19.5 Å². The lowest BCUT2D eigenvalue weighted by Crippen LogP contribution is -2.40. The molecule has 10 heteroatoms. The predicted molar refractivity (Wildman–Crippen MR) is 147 cm³/mol. The molecule has 0 aliphatic carbocycles. The van der Waals surface area contributed by atoms with E-state index in [1.807, 2.05) is 42.5 Å². The molecule has 0 saturated carbocycles. The molecular weight excluding hydrogens is 518 g/mol. The van der Waals surface area contributed by atoms with Gasteiger partial charge in [0.05, 0.1) is 40.5 Å². The molecule has 0 fully saturated rings. The number of nitro groups is 1. The Morgan fingerprint density at radius 2 is 1.77 bits per heavy atom. The number of methoxy groups -OCH3 is 1. The second-order valence-corrected chi connectivity index (χ2v) is 9.56. The molecule has 0 unspecified atom stereocenters. The molecule has 1 atom stereocenters. The van der Waals surface area contributed by atoms with Crippen LogP contribution in [0, 0.1) is 10.1 Å². The summed E-state index contributed by atoms with van der Waals surface area (Å²) in [5.74, 6) is 0.0693. The second-order valence-electron chi connectivity index (χ2n) is 8.55. The van der Waals surface area contributed by atoms with Gasteiger partial charge in [-0.15, -0.1) is 0 Å². The van der Waals surface area contributed by atoms with E-state index in [0.29, 0.717) is 37.5 Å². The highest BCUT2D eigenvalue weighted by Crippen LogP contribution is 2.35. The van der Waals surface area contributed by atoms with Gasteiger partial charge in [0, 0.05) is 17.7 Å². The number of nitro benzene ring substituents is 1. The molecule has 1 aliphatic rings. The highest BCUT2D eigenvalue weighted by atomic mass is 32.1. The molecule has 0 N–H and O–H groups in total. The van der Waals surface area contributed by atoms with E-state index in [0.717, 1.165) is 0 Å². The summed E-state index contributed by atoms with van der Waals surface area (Å²) >= 11 is 1.18. The van der Waals surface area contributed by atoms with Crippen molar-refractivity contribution in [1.82, 2.24) is 4.57 Å². The lowest BCUT2D eigenvalue weighted by atomic mass is 9.93. The summed E-state index contributed by atoms with van der Waals surface area (Å²) in [6, 6.07) is 21.6. The van der Waals surface area contributed by atoms with Gasteiger partial charge >= 0.3 is 5.97 Å². The topological polar surface area (TPSA) is 113 Å². The maximum Gasteiger partial charge on any atom is 0.338 e. The number of rotatable bonds is 7. The van der Waals surface area contributed by atoms with E-state index in [1.54, 1.807) is 44.4 Å². The first-order valence-electron chi connectivity index (χ1n) is 12.1. The first-order valence-corrected chi connectivity index (χ1v) is 12.9. The van der Waals surface area contributed by atoms with Gasteiger partial charge in [0.2, 0.25) is 0 Å². The summed E-state index contributed by atoms with van der Waals surface area (Å²) in [6.45, 7) is 1.88. The van der Waals surface area contributed by atoms with Crippen molar-refractivity contribution in [2.45, 2.75) is 13.0 Å². The maximum absolute atomic E-state index is 13.8. The number of ether oxygens (including phenoxy) is 2. The van der Waals surface area contributed by atoms with Crippen LogP contribution in [0.5, 0.6) is 5.75 Å². The average Bonchev–Trinajstić information content (AvgIpc) is 3.27. The van der Waals surface area contributed by atoms with Gasteiger partial charge in [-0.25, -0.2) is 9.79 Å². The number of hydrogen-bond donors (Lipinski definition) is 0. The summed E-state index contributed by atoms with van der Waals surface area (Å²) < 4.78 is 12.6. The van der Waals surface area contributed by atoms with Gasteiger partial charge in [-0.1, -0.05) is 53.8 Å². The van der Waals surface area contributed by atoms with Gasteiger partial charge < -0.3 is 9.47 Å². The summed E-state index contributed by atoms with van der Waals surface area (Å²) in [5, 5.41) is 11.0. The lowest BCUT2D eigenvalue weighted by molar-refractivity contribution is -0.384. The molecular formula is C29H23N3O6S. The number of nitrogens with zero attached hydrogens (tertiary/aromatic N) is 3. The van der Waals surface area contributed by atoms with Crippen molar-refractivity contribution in [2.24, 2.45) is 4.99 Å². The van der Waals surface area contributed by atoms with E-state index in [9.17, 15) is 19.7 Å². The fourth-order valence-corrected chi connectivity index (χ4v) is 5.39. The Hall–Kier alpha value is -4.83. The molecule has 196 valence electrons. The zero-order valence-electron chi connectivity index (χ0n) is 21.1. The minimum absolute atomic E-state index is 0.0419. The molecule has 1 aromatic heterocycles. The number of carbonyl (C=O) groups excluding carboxylic acids is 1. The normalized spacial score (nSPS) is 14.9. The van der Waals surface area contributed by atoms with Crippen molar-refractivity contribution in [2.75, 3.05) is 13.7 Å². The molecule has 2 heterocycles. The van der Waals surface area contributed by atoms with E-state index < -0.39 is 16.9 Å². The van der Waals surface area contributed by atoms with Gasteiger partial charge in [0.1, 0.15) is 5.75 Å². The maximum atomic E-state index is 13.8. The number of thiazole rings is 1. The molecule has 9 nitrogen and oxygen atoms in total. The highest BCUT2D eigenvalue weighted by Gasteiger charge is 2.35. The molecule has 39 heavy (non-hydrogen) atoms. The molecule has 4 aromatic rings. The van der Waals surface area contributed by atoms with Crippen LogP contribution in [0.4, 0.5) is 5.69 Å². The smallest absolute Gasteiger partial charge is 0.338 e. The molecule has 0 saturated heterocycles. The standard InChI is InChI=1S/C29H23N3O6S/c1-3-38-28(34)24-25(19-7-5-4-6-8-19)30-29-31(26(24)20-11-15-22(37-2)16-12-20)27(33)23(39-29)17-18-9-13-21(14-10-18)32(35)36/h4-17,26H,3H2,1-2H3/b23-17-/t26-/m0/s1. The predicted octanol–water partition coefficient (Wildman–Crippen LogP) is 3.85. The third kappa shape index (κ3) is 5.01. The largest absolute Gasteiger partial charge is 0.497 e. The molecule has 3 aromatic carbocycles. The van der Waals surface area contributed by atoms with Gasteiger partial charge in [0.25, 0.3) is 11.2 Å². The Morgan fingerprint density at radius 3 is 2.38 bits per heavy atom. The number of esters is 1. The van der Waals surface area contributed by atoms with E-state index in [1.165, 1.54) is 28.0 Å². The van der Waals surface area contributed by atoms with Gasteiger partial charge in [0.15, 0.2) is 4.80 Å². The Balaban J connectivity index is 1.78. The minimum Gasteiger partial charge on any atom is -0.497 e. The van der Waals surface area contributed by atoms with Crippen molar-refractivity contribution in [3.63, 3.8) is 0 Å². The fourth-order valence-electron chi connectivity index (χ4n) is 4.39. The van der Waals surface area contributed by atoms with E-state index in [2.05, 4.69) is 0 Å². The van der Waals surface area contributed by atoms with E-state index in [-0.39, 0.29) is 23.4 Å². The van der Waals surface area contributed by atoms with Gasteiger partial charge in [-0.05, 0) is 48.4 Å². The SMILES string of the molecule is CCOC(=O)C1=C(c2ccccc2)N=c2s/c(=C\c3ccc([N+](=O)[O-])cc3)c(=O)n2[C@H]1c1ccc(OC)cc1. The van der Waals surface area contributed by atoms with E-state index in [4.69, 9.17) is 14.5 Å². The van der Waals surface area contributed by atoms with Gasteiger partial charge in [-0.2, -0.15) is 0 Å². The summed E-state index contributed by atoms with van der Waals surface area (Å²) in [7, 11) is 1.56. The minimum atomic E-state index is -0.805.